The van der Waals surface area contributed by atoms with Gasteiger partial charge in [0.05, 0.1) is 11.8 Å². The van der Waals surface area contributed by atoms with Gasteiger partial charge in [-0.1, -0.05) is 42.5 Å². The van der Waals surface area contributed by atoms with Crippen molar-refractivity contribution in [2.24, 2.45) is 11.8 Å². The summed E-state index contributed by atoms with van der Waals surface area (Å²) in [5, 5.41) is 13.4. The fraction of sp³-hybridized carbons (Fsp3) is 0.370. The lowest BCUT2D eigenvalue weighted by atomic mass is 9.86. The van der Waals surface area contributed by atoms with E-state index in [2.05, 4.69) is 52.4 Å². The zero-order valence-electron chi connectivity index (χ0n) is 17.5. The molecular formula is C27H27ClN2O. The van der Waals surface area contributed by atoms with Crippen LogP contribution in [0.4, 0.5) is 0 Å². The molecule has 0 bridgehead atoms. The molecular weight excluding hydrogens is 404 g/mol. The summed E-state index contributed by atoms with van der Waals surface area (Å²) >= 11 is 7.26. The number of hydrogen-bond donors (Lipinski definition) is 1. The third-order valence-corrected chi connectivity index (χ3v) is 7.96. The third-order valence-electron chi connectivity index (χ3n) is 7.47. The molecule has 4 atom stereocenters. The van der Waals surface area contributed by atoms with E-state index in [1.165, 1.54) is 33.9 Å². The summed E-state index contributed by atoms with van der Waals surface area (Å²) in [6.45, 7) is 1.79. The van der Waals surface area contributed by atoms with Crippen molar-refractivity contribution < 1.29 is 5.11 Å². The molecule has 4 unspecified atom stereocenters. The minimum atomic E-state index is -0.500. The number of rotatable bonds is 4. The molecule has 2 aromatic carbocycles. The van der Waals surface area contributed by atoms with Crippen LogP contribution >= 0.6 is 11.6 Å². The van der Waals surface area contributed by atoms with E-state index in [1.807, 2.05) is 18.2 Å². The summed E-state index contributed by atoms with van der Waals surface area (Å²) in [5.41, 5.74) is 4.77. The van der Waals surface area contributed by atoms with Gasteiger partial charge in [0.25, 0.3) is 0 Å². The van der Waals surface area contributed by atoms with Crippen molar-refractivity contribution >= 4 is 28.4 Å². The predicted octanol–water partition coefficient (Wildman–Crippen LogP) is 6.05. The number of halogens is 1. The summed E-state index contributed by atoms with van der Waals surface area (Å²) < 4.78 is 0. The molecule has 1 saturated heterocycles. The van der Waals surface area contributed by atoms with Crippen LogP contribution in [0.3, 0.4) is 0 Å². The van der Waals surface area contributed by atoms with Crippen LogP contribution in [0.2, 0.25) is 0 Å². The molecule has 6 rings (SSSR count). The van der Waals surface area contributed by atoms with Crippen molar-refractivity contribution in [1.29, 1.82) is 0 Å². The van der Waals surface area contributed by atoms with Crippen molar-refractivity contribution in [3.05, 3.63) is 83.2 Å². The monoisotopic (exact) mass is 430 g/mol. The number of piperidine rings is 1. The first-order valence-electron chi connectivity index (χ1n) is 11.4. The van der Waals surface area contributed by atoms with Crippen molar-refractivity contribution in [3.63, 3.8) is 0 Å². The van der Waals surface area contributed by atoms with Crippen LogP contribution in [-0.2, 0) is 0 Å². The fourth-order valence-electron chi connectivity index (χ4n) is 5.65. The molecule has 0 spiro atoms. The molecule has 3 aliphatic rings. The Morgan fingerprint density at radius 2 is 1.87 bits per heavy atom. The van der Waals surface area contributed by atoms with Crippen LogP contribution < -0.4 is 0 Å². The predicted molar refractivity (Wildman–Crippen MR) is 126 cm³/mol. The lowest BCUT2D eigenvalue weighted by molar-refractivity contribution is 0.0522. The van der Waals surface area contributed by atoms with Crippen LogP contribution in [-0.4, -0.2) is 28.1 Å². The Morgan fingerprint density at radius 3 is 2.68 bits per heavy atom. The zero-order valence-corrected chi connectivity index (χ0v) is 18.2. The molecule has 0 amide bonds. The number of nitrogens with zero attached hydrogens (tertiary/aromatic N) is 2. The van der Waals surface area contributed by atoms with Gasteiger partial charge in [0.1, 0.15) is 5.50 Å². The third kappa shape index (κ3) is 3.40. The number of aliphatic hydroxyl groups is 1. The average molecular weight is 431 g/mol. The summed E-state index contributed by atoms with van der Waals surface area (Å²) in [5.74, 6) is 1.55. The Morgan fingerprint density at radius 1 is 1.06 bits per heavy atom. The normalized spacial score (nSPS) is 25.1. The highest BCUT2D eigenvalue weighted by Crippen LogP contribution is 2.56. The van der Waals surface area contributed by atoms with Gasteiger partial charge in [-0.2, -0.15) is 0 Å². The van der Waals surface area contributed by atoms with E-state index in [0.29, 0.717) is 11.8 Å². The van der Waals surface area contributed by atoms with Crippen molar-refractivity contribution in [3.8, 4) is 0 Å². The van der Waals surface area contributed by atoms with E-state index in [4.69, 9.17) is 11.6 Å². The molecule has 1 aliphatic heterocycles. The molecule has 3 nitrogen and oxygen atoms in total. The van der Waals surface area contributed by atoms with Gasteiger partial charge < -0.3 is 5.11 Å². The average Bonchev–Trinajstić information content (AvgIpc) is 3.62. The maximum Gasteiger partial charge on any atom is 0.112 e. The highest BCUT2D eigenvalue weighted by Gasteiger charge is 2.43. The molecule has 1 saturated carbocycles. The van der Waals surface area contributed by atoms with Crippen LogP contribution in [0, 0.1) is 11.8 Å². The van der Waals surface area contributed by atoms with Crippen LogP contribution in [0.1, 0.15) is 59.2 Å². The van der Waals surface area contributed by atoms with E-state index in [0.717, 1.165) is 31.6 Å². The van der Waals surface area contributed by atoms with Gasteiger partial charge in [0.15, 0.2) is 0 Å². The highest BCUT2D eigenvalue weighted by atomic mass is 35.5. The Kier molecular flexibility index (Phi) is 4.86. The van der Waals surface area contributed by atoms with Gasteiger partial charge in [-0.25, -0.2) is 0 Å². The van der Waals surface area contributed by atoms with Gasteiger partial charge in [0.2, 0.25) is 0 Å². The fourth-order valence-corrected chi connectivity index (χ4v) is 6.08. The number of likely N-dealkylation sites (tertiary alicyclic amines) is 1. The highest BCUT2D eigenvalue weighted by molar-refractivity contribution is 6.22. The van der Waals surface area contributed by atoms with E-state index in [-0.39, 0.29) is 11.4 Å². The number of benzene rings is 2. The molecule has 2 heterocycles. The van der Waals surface area contributed by atoms with Crippen LogP contribution in [0.5, 0.6) is 0 Å². The lowest BCUT2D eigenvalue weighted by Crippen LogP contribution is -2.37. The van der Waals surface area contributed by atoms with Gasteiger partial charge >= 0.3 is 0 Å². The number of hydrogen-bond acceptors (Lipinski definition) is 3. The van der Waals surface area contributed by atoms with Crippen LogP contribution in [0.25, 0.3) is 16.8 Å². The van der Waals surface area contributed by atoms with Gasteiger partial charge in [-0.05, 0) is 82.7 Å². The summed E-state index contributed by atoms with van der Waals surface area (Å²) in [4.78, 5) is 6.76. The zero-order chi connectivity index (χ0) is 20.9. The Labute approximate surface area is 188 Å². The van der Waals surface area contributed by atoms with Gasteiger partial charge in [0, 0.05) is 19.3 Å². The Balaban J connectivity index is 1.28. The number of alkyl halides is 1. The number of aliphatic hydroxyl groups excluding tert-OH is 1. The van der Waals surface area contributed by atoms with Gasteiger partial charge in [-0.15, -0.1) is 11.6 Å². The molecule has 3 aromatic rings. The maximum absolute atomic E-state index is 10.8. The second-order valence-corrected chi connectivity index (χ2v) is 9.70. The lowest BCUT2D eigenvalue weighted by Gasteiger charge is -2.37. The van der Waals surface area contributed by atoms with Crippen molar-refractivity contribution in [2.45, 2.75) is 36.8 Å². The molecule has 1 N–H and O–H groups in total. The first-order chi connectivity index (χ1) is 15.2. The van der Waals surface area contributed by atoms with E-state index in [1.54, 1.807) is 6.20 Å². The SMILES string of the molecule is OC(c1ccccn1)C1CCN(C(Cl)c2c3c(cc4ccccc24)C=CC2CC32)CC1. The number of pyridine rings is 1. The standard InChI is InChI=1S/C27H27ClN2O/c28-27(30-13-10-17(11-14-30)26(31)23-7-3-4-12-29-23)25-21-6-2-1-5-18(21)15-20-9-8-19-16-22(19)24(20)25/h1-9,12,15,17,19,22,26-27,31H,10-11,13-14,16H2. The second-order valence-electron chi connectivity index (χ2n) is 9.29. The first kappa shape index (κ1) is 19.5. The number of fused-ring (bicyclic) bond motifs is 4. The minimum Gasteiger partial charge on any atom is -0.387 e. The Bertz CT molecular complexity index is 1140. The molecule has 2 aliphatic carbocycles. The van der Waals surface area contributed by atoms with E-state index in [9.17, 15) is 5.11 Å². The molecule has 31 heavy (non-hydrogen) atoms. The van der Waals surface area contributed by atoms with Crippen LogP contribution in [0.15, 0.2) is 60.8 Å². The van der Waals surface area contributed by atoms with E-state index < -0.39 is 6.10 Å². The maximum atomic E-state index is 10.8. The van der Waals surface area contributed by atoms with Crippen molar-refractivity contribution in [1.82, 2.24) is 9.88 Å². The van der Waals surface area contributed by atoms with Gasteiger partial charge in [-0.3, -0.25) is 9.88 Å². The Hall–Kier alpha value is -2.20. The summed E-state index contributed by atoms with van der Waals surface area (Å²) in [7, 11) is 0. The molecule has 158 valence electrons. The van der Waals surface area contributed by atoms with E-state index >= 15 is 0 Å². The molecule has 1 aromatic heterocycles. The molecule has 2 fully saturated rings. The molecule has 0 radical (unpaired) electrons. The molecule has 4 heteroatoms. The smallest absolute Gasteiger partial charge is 0.112 e. The first-order valence-corrected chi connectivity index (χ1v) is 11.8. The summed E-state index contributed by atoms with van der Waals surface area (Å²) in [6.07, 6.45) is 9.04. The number of allylic oxidation sites excluding steroid dienone is 1. The quantitative estimate of drug-likeness (QED) is 0.404. The van der Waals surface area contributed by atoms with Crippen molar-refractivity contribution in [2.75, 3.05) is 13.1 Å². The summed E-state index contributed by atoms with van der Waals surface area (Å²) in [6, 6.07) is 16.7. The largest absolute Gasteiger partial charge is 0.387 e. The number of aromatic nitrogens is 1. The minimum absolute atomic E-state index is 0.138. The topological polar surface area (TPSA) is 36.4 Å². The second kappa shape index (κ2) is 7.74.